The second-order valence-corrected chi connectivity index (χ2v) is 12.5. The number of hydrogen-bond acceptors (Lipinski definition) is 4. The fourth-order valence-corrected chi connectivity index (χ4v) is 7.74. The molecule has 9 aromatic rings. The van der Waals surface area contributed by atoms with Crippen molar-refractivity contribution in [1.29, 1.82) is 0 Å². The van der Waals surface area contributed by atoms with Crippen molar-refractivity contribution in [2.75, 3.05) is 9.80 Å². The summed E-state index contributed by atoms with van der Waals surface area (Å²) in [5.74, 6) is 0. The molecule has 0 spiro atoms. The Hall–Kier alpha value is -5.84. The third kappa shape index (κ3) is 4.42. The Morgan fingerprint density at radius 3 is 1.67 bits per heavy atom. The van der Waals surface area contributed by atoms with Gasteiger partial charge in [-0.3, -0.25) is 0 Å². The number of thiophene rings is 1. The van der Waals surface area contributed by atoms with Crippen LogP contribution in [-0.2, 0) is 0 Å². The second kappa shape index (κ2) is 11.0. The summed E-state index contributed by atoms with van der Waals surface area (Å²) in [6.07, 6.45) is 0. The molecule has 0 unspecified atom stereocenters. The van der Waals surface area contributed by atoms with Crippen molar-refractivity contribution in [3.05, 3.63) is 170 Å². The highest BCUT2D eigenvalue weighted by molar-refractivity contribution is 7.26. The normalized spacial score (nSPS) is 11.5. The van der Waals surface area contributed by atoms with E-state index < -0.39 is 0 Å². The first-order valence-corrected chi connectivity index (χ1v) is 16.3. The summed E-state index contributed by atoms with van der Waals surface area (Å²) < 4.78 is 8.69. The van der Waals surface area contributed by atoms with Crippen molar-refractivity contribution in [2.24, 2.45) is 0 Å². The number of para-hydroxylation sites is 4. The molecule has 7 aromatic carbocycles. The summed E-state index contributed by atoms with van der Waals surface area (Å²) in [4.78, 5) is 4.70. The van der Waals surface area contributed by atoms with Crippen LogP contribution < -0.4 is 9.80 Å². The minimum absolute atomic E-state index is 0.895. The summed E-state index contributed by atoms with van der Waals surface area (Å²) in [6, 6.07) is 60.1. The van der Waals surface area contributed by atoms with Crippen LogP contribution in [0.3, 0.4) is 0 Å². The van der Waals surface area contributed by atoms with Crippen molar-refractivity contribution >= 4 is 87.6 Å². The van der Waals surface area contributed by atoms with Gasteiger partial charge in [0.25, 0.3) is 0 Å². The molecular weight excluding hydrogens is 581 g/mol. The van der Waals surface area contributed by atoms with E-state index in [0.29, 0.717) is 0 Å². The van der Waals surface area contributed by atoms with Crippen LogP contribution in [0.4, 0.5) is 34.1 Å². The first-order chi connectivity index (χ1) is 22.8. The van der Waals surface area contributed by atoms with E-state index >= 15 is 0 Å². The van der Waals surface area contributed by atoms with Crippen molar-refractivity contribution in [2.45, 2.75) is 0 Å². The van der Waals surface area contributed by atoms with Gasteiger partial charge in [-0.2, -0.15) is 0 Å². The Morgan fingerprint density at radius 1 is 0.370 bits per heavy atom. The molecule has 0 bridgehead atoms. The van der Waals surface area contributed by atoms with E-state index in [9.17, 15) is 0 Å². The predicted molar refractivity (Wildman–Crippen MR) is 196 cm³/mol. The van der Waals surface area contributed by atoms with E-state index in [1.165, 1.54) is 20.2 Å². The summed E-state index contributed by atoms with van der Waals surface area (Å²) in [5, 5.41) is 4.74. The lowest BCUT2D eigenvalue weighted by Crippen LogP contribution is -2.10. The fourth-order valence-electron chi connectivity index (χ4n) is 6.58. The van der Waals surface area contributed by atoms with E-state index in [-0.39, 0.29) is 0 Å². The molecule has 2 aromatic heterocycles. The first-order valence-electron chi connectivity index (χ1n) is 15.4. The van der Waals surface area contributed by atoms with Gasteiger partial charge in [0.2, 0.25) is 0 Å². The molecule has 2 heterocycles. The third-order valence-corrected chi connectivity index (χ3v) is 9.74. The maximum atomic E-state index is 6.19. The van der Waals surface area contributed by atoms with Crippen molar-refractivity contribution in [3.63, 3.8) is 0 Å². The van der Waals surface area contributed by atoms with Crippen LogP contribution in [0.25, 0.3) is 42.1 Å². The largest absolute Gasteiger partial charge is 0.456 e. The van der Waals surface area contributed by atoms with Gasteiger partial charge in [-0.15, -0.1) is 11.3 Å². The Labute approximate surface area is 270 Å². The summed E-state index contributed by atoms with van der Waals surface area (Å²) in [6.45, 7) is 0. The van der Waals surface area contributed by atoms with Crippen molar-refractivity contribution in [3.8, 4) is 0 Å². The van der Waals surface area contributed by atoms with Crippen LogP contribution in [0.15, 0.2) is 174 Å². The van der Waals surface area contributed by atoms with Crippen LogP contribution in [-0.4, -0.2) is 0 Å². The second-order valence-electron chi connectivity index (χ2n) is 11.4. The minimum atomic E-state index is 0.895. The predicted octanol–water partition coefficient (Wildman–Crippen LogP) is 12.9. The average molecular weight is 609 g/mol. The van der Waals surface area contributed by atoms with Gasteiger partial charge < -0.3 is 14.2 Å². The van der Waals surface area contributed by atoms with E-state index in [1.54, 1.807) is 0 Å². The van der Waals surface area contributed by atoms with E-state index in [0.717, 1.165) is 56.1 Å². The van der Waals surface area contributed by atoms with Gasteiger partial charge in [0.05, 0.1) is 5.69 Å². The molecule has 46 heavy (non-hydrogen) atoms. The highest BCUT2D eigenvalue weighted by atomic mass is 32.1. The molecule has 0 N–H and O–H groups in total. The zero-order valence-electron chi connectivity index (χ0n) is 24.9. The molecule has 0 atom stereocenters. The van der Waals surface area contributed by atoms with Gasteiger partial charge in [0, 0.05) is 59.4 Å². The monoisotopic (exact) mass is 608 g/mol. The topological polar surface area (TPSA) is 19.6 Å². The number of rotatable bonds is 6. The van der Waals surface area contributed by atoms with E-state index in [2.05, 4.69) is 168 Å². The van der Waals surface area contributed by atoms with E-state index in [4.69, 9.17) is 4.42 Å². The number of nitrogens with zero attached hydrogens (tertiary/aromatic N) is 2. The van der Waals surface area contributed by atoms with Gasteiger partial charge in [-0.1, -0.05) is 84.9 Å². The quantitative estimate of drug-likeness (QED) is 0.187. The lowest BCUT2D eigenvalue weighted by Gasteiger charge is -2.27. The molecule has 0 amide bonds. The highest BCUT2D eigenvalue weighted by Gasteiger charge is 2.21. The molecule has 0 radical (unpaired) electrons. The molecule has 3 nitrogen and oxygen atoms in total. The summed E-state index contributed by atoms with van der Waals surface area (Å²) >= 11 is 1.84. The lowest BCUT2D eigenvalue weighted by atomic mass is 10.1. The first kappa shape index (κ1) is 26.6. The van der Waals surface area contributed by atoms with Gasteiger partial charge in [-0.25, -0.2) is 0 Å². The molecule has 0 aliphatic heterocycles. The molecule has 0 saturated heterocycles. The Balaban J connectivity index is 1.24. The highest BCUT2D eigenvalue weighted by Crippen LogP contribution is 2.47. The van der Waals surface area contributed by atoms with Gasteiger partial charge in [0.1, 0.15) is 11.2 Å². The molecule has 0 saturated carbocycles. The SMILES string of the molecule is c1ccc(N(c2ccccc2)c2ccc3c(c2)sc2cccc(N(c4ccccc4)c4ccc5oc6ccccc6c5c4)c23)cc1. The smallest absolute Gasteiger partial charge is 0.135 e. The van der Waals surface area contributed by atoms with Crippen LogP contribution in [0, 0.1) is 0 Å². The van der Waals surface area contributed by atoms with Crippen LogP contribution in [0.2, 0.25) is 0 Å². The number of fused-ring (bicyclic) bond motifs is 6. The zero-order chi connectivity index (χ0) is 30.5. The zero-order valence-corrected chi connectivity index (χ0v) is 25.7. The number of furan rings is 1. The summed E-state index contributed by atoms with van der Waals surface area (Å²) in [7, 11) is 0. The number of anilines is 6. The van der Waals surface area contributed by atoms with Crippen LogP contribution in [0.5, 0.6) is 0 Å². The molecular formula is C42H28N2OS. The molecule has 218 valence electrons. The summed E-state index contributed by atoms with van der Waals surface area (Å²) in [5.41, 5.74) is 8.55. The molecule has 4 heteroatoms. The van der Waals surface area contributed by atoms with Crippen molar-refractivity contribution < 1.29 is 4.42 Å². The van der Waals surface area contributed by atoms with Crippen LogP contribution in [0.1, 0.15) is 0 Å². The van der Waals surface area contributed by atoms with Gasteiger partial charge >= 0.3 is 0 Å². The molecule has 0 aliphatic rings. The lowest BCUT2D eigenvalue weighted by molar-refractivity contribution is 0.669. The number of benzene rings is 7. The average Bonchev–Trinajstić information content (AvgIpc) is 3.68. The van der Waals surface area contributed by atoms with E-state index in [1.807, 2.05) is 23.5 Å². The standard InChI is InChI=1S/C42H28N2OS/c1-4-13-29(14-5-1)43(30-15-6-2-7-16-30)33-23-25-35-41(28-33)46-40-22-12-20-37(42(35)40)44(31-17-8-3-9-18-31)32-24-26-39-36(27-32)34-19-10-11-21-38(34)45-39/h1-28H. The van der Waals surface area contributed by atoms with Gasteiger partial charge in [0.15, 0.2) is 0 Å². The number of hydrogen-bond donors (Lipinski definition) is 0. The van der Waals surface area contributed by atoms with Crippen molar-refractivity contribution in [1.82, 2.24) is 0 Å². The third-order valence-electron chi connectivity index (χ3n) is 8.62. The molecule has 0 aliphatic carbocycles. The Kier molecular flexibility index (Phi) is 6.32. The maximum Gasteiger partial charge on any atom is 0.135 e. The Bertz CT molecular complexity index is 2440. The van der Waals surface area contributed by atoms with Crippen LogP contribution >= 0.6 is 11.3 Å². The maximum absolute atomic E-state index is 6.19. The van der Waals surface area contributed by atoms with Gasteiger partial charge in [-0.05, 0) is 84.9 Å². The Morgan fingerprint density at radius 2 is 0.957 bits per heavy atom. The fraction of sp³-hybridized carbons (Fsp3) is 0. The molecule has 0 fully saturated rings. The minimum Gasteiger partial charge on any atom is -0.456 e. The molecule has 9 rings (SSSR count).